The van der Waals surface area contributed by atoms with Gasteiger partial charge >= 0.3 is 0 Å². The lowest BCUT2D eigenvalue weighted by Crippen LogP contribution is -2.19. The van der Waals surface area contributed by atoms with E-state index >= 15 is 0 Å². The molecule has 2 heterocycles. The van der Waals surface area contributed by atoms with Gasteiger partial charge in [-0.1, -0.05) is 41.0 Å². The summed E-state index contributed by atoms with van der Waals surface area (Å²) in [7, 11) is 0. The van der Waals surface area contributed by atoms with Crippen molar-refractivity contribution in [2.45, 2.75) is 13.5 Å². The van der Waals surface area contributed by atoms with Crippen LogP contribution in [0.2, 0.25) is 5.02 Å². The molecule has 0 aliphatic carbocycles. The second-order valence-corrected chi connectivity index (χ2v) is 6.68. The van der Waals surface area contributed by atoms with E-state index < -0.39 is 0 Å². The van der Waals surface area contributed by atoms with E-state index in [1.54, 1.807) is 29.0 Å². The Kier molecular flexibility index (Phi) is 4.60. The minimum Gasteiger partial charge on any atom is -0.334 e. The number of rotatable bonds is 4. The predicted octanol–water partition coefficient (Wildman–Crippen LogP) is 4.58. The molecule has 0 N–H and O–H groups in total. The predicted molar refractivity (Wildman–Crippen MR) is 105 cm³/mol. The molecule has 2 aromatic carbocycles. The SMILES string of the molecule is Cc1ccccc1Cn1cc(-c2nc(-c3ccc(Cl)cc3)no2)ccc1=O. The summed E-state index contributed by atoms with van der Waals surface area (Å²) in [5.41, 5.74) is 3.64. The molecular formula is C21H16ClN3O2. The van der Waals surface area contributed by atoms with Gasteiger partial charge in [0, 0.05) is 22.8 Å². The number of nitrogens with zero attached hydrogens (tertiary/aromatic N) is 3. The monoisotopic (exact) mass is 377 g/mol. The van der Waals surface area contributed by atoms with E-state index in [1.165, 1.54) is 6.07 Å². The second-order valence-electron chi connectivity index (χ2n) is 6.24. The van der Waals surface area contributed by atoms with Crippen molar-refractivity contribution in [1.82, 2.24) is 14.7 Å². The van der Waals surface area contributed by atoms with E-state index in [0.717, 1.165) is 16.7 Å². The van der Waals surface area contributed by atoms with E-state index in [2.05, 4.69) is 10.1 Å². The highest BCUT2D eigenvalue weighted by atomic mass is 35.5. The standard InChI is InChI=1S/C21H16ClN3O2/c1-14-4-2-3-5-16(14)12-25-13-17(8-11-19(25)26)21-23-20(24-27-21)15-6-9-18(22)10-7-15/h2-11,13H,12H2,1H3. The van der Waals surface area contributed by atoms with E-state index in [9.17, 15) is 4.79 Å². The molecule has 0 aliphatic rings. The third kappa shape index (κ3) is 3.68. The lowest BCUT2D eigenvalue weighted by atomic mass is 10.1. The van der Waals surface area contributed by atoms with Crippen LogP contribution in [0.1, 0.15) is 11.1 Å². The number of hydrogen-bond donors (Lipinski definition) is 0. The Morgan fingerprint density at radius 3 is 2.52 bits per heavy atom. The van der Waals surface area contributed by atoms with Crippen molar-refractivity contribution in [3.05, 3.63) is 93.4 Å². The third-order valence-electron chi connectivity index (χ3n) is 4.36. The molecule has 0 spiro atoms. The van der Waals surface area contributed by atoms with Crippen molar-refractivity contribution in [2.24, 2.45) is 0 Å². The molecule has 134 valence electrons. The highest BCUT2D eigenvalue weighted by Crippen LogP contribution is 2.23. The van der Waals surface area contributed by atoms with Crippen LogP contribution in [0.25, 0.3) is 22.8 Å². The summed E-state index contributed by atoms with van der Waals surface area (Å²) in [6.07, 6.45) is 1.74. The van der Waals surface area contributed by atoms with Gasteiger partial charge in [-0.2, -0.15) is 4.98 Å². The number of aromatic nitrogens is 3. The molecule has 0 amide bonds. The van der Waals surface area contributed by atoms with Gasteiger partial charge in [-0.3, -0.25) is 4.79 Å². The average Bonchev–Trinajstić information content (AvgIpc) is 3.16. The topological polar surface area (TPSA) is 60.9 Å². The lowest BCUT2D eigenvalue weighted by Gasteiger charge is -2.09. The van der Waals surface area contributed by atoms with Gasteiger partial charge in [-0.25, -0.2) is 0 Å². The fourth-order valence-electron chi connectivity index (χ4n) is 2.81. The maximum Gasteiger partial charge on any atom is 0.259 e. The highest BCUT2D eigenvalue weighted by molar-refractivity contribution is 6.30. The minimum absolute atomic E-state index is 0.0838. The summed E-state index contributed by atoms with van der Waals surface area (Å²) in [5, 5.41) is 4.67. The molecule has 2 aromatic heterocycles. The normalized spacial score (nSPS) is 10.9. The summed E-state index contributed by atoms with van der Waals surface area (Å²) in [5.74, 6) is 0.830. The summed E-state index contributed by atoms with van der Waals surface area (Å²) >= 11 is 5.91. The molecule has 27 heavy (non-hydrogen) atoms. The van der Waals surface area contributed by atoms with E-state index in [-0.39, 0.29) is 5.56 Å². The molecular weight excluding hydrogens is 362 g/mol. The van der Waals surface area contributed by atoms with Crippen molar-refractivity contribution < 1.29 is 4.52 Å². The zero-order valence-corrected chi connectivity index (χ0v) is 15.3. The minimum atomic E-state index is -0.0838. The maximum absolute atomic E-state index is 12.3. The smallest absolute Gasteiger partial charge is 0.259 e. The quantitative estimate of drug-likeness (QED) is 0.522. The number of pyridine rings is 1. The van der Waals surface area contributed by atoms with Gasteiger partial charge in [0.25, 0.3) is 11.4 Å². The van der Waals surface area contributed by atoms with E-state index in [1.807, 2.05) is 43.3 Å². The first kappa shape index (κ1) is 17.2. The van der Waals surface area contributed by atoms with Crippen LogP contribution in [0.5, 0.6) is 0 Å². The van der Waals surface area contributed by atoms with Crippen LogP contribution in [-0.2, 0) is 6.54 Å². The van der Waals surface area contributed by atoms with Crippen LogP contribution in [0.15, 0.2) is 76.2 Å². The number of benzene rings is 2. The van der Waals surface area contributed by atoms with Gasteiger partial charge < -0.3 is 9.09 Å². The Hall–Kier alpha value is -3.18. The Balaban J connectivity index is 1.66. The van der Waals surface area contributed by atoms with Crippen LogP contribution in [-0.4, -0.2) is 14.7 Å². The Bertz CT molecular complexity index is 1150. The molecule has 0 radical (unpaired) electrons. The second kappa shape index (κ2) is 7.21. The summed E-state index contributed by atoms with van der Waals surface area (Å²) in [4.78, 5) is 16.7. The first-order valence-corrected chi connectivity index (χ1v) is 8.83. The molecule has 0 saturated carbocycles. The summed E-state index contributed by atoms with van der Waals surface area (Å²) < 4.78 is 7.04. The van der Waals surface area contributed by atoms with Crippen LogP contribution < -0.4 is 5.56 Å². The molecule has 0 unspecified atom stereocenters. The molecule has 0 atom stereocenters. The molecule has 0 saturated heterocycles. The molecule has 6 heteroatoms. The van der Waals surface area contributed by atoms with Gasteiger partial charge in [0.15, 0.2) is 0 Å². The zero-order chi connectivity index (χ0) is 18.8. The van der Waals surface area contributed by atoms with Crippen molar-refractivity contribution in [1.29, 1.82) is 0 Å². The third-order valence-corrected chi connectivity index (χ3v) is 4.61. The van der Waals surface area contributed by atoms with E-state index in [0.29, 0.717) is 28.8 Å². The Morgan fingerprint density at radius 2 is 1.74 bits per heavy atom. The summed E-state index contributed by atoms with van der Waals surface area (Å²) in [6, 6.07) is 18.4. The molecule has 0 fully saturated rings. The van der Waals surface area contributed by atoms with Crippen LogP contribution in [0, 0.1) is 6.92 Å². The zero-order valence-electron chi connectivity index (χ0n) is 14.6. The number of hydrogen-bond acceptors (Lipinski definition) is 4. The Morgan fingerprint density at radius 1 is 1.00 bits per heavy atom. The van der Waals surface area contributed by atoms with Gasteiger partial charge in [0.1, 0.15) is 0 Å². The highest BCUT2D eigenvalue weighted by Gasteiger charge is 2.12. The first-order valence-electron chi connectivity index (χ1n) is 8.45. The van der Waals surface area contributed by atoms with Crippen molar-refractivity contribution in [3.8, 4) is 22.8 Å². The van der Waals surface area contributed by atoms with Crippen molar-refractivity contribution >= 4 is 11.6 Å². The molecule has 4 aromatic rings. The maximum atomic E-state index is 12.3. The number of halogens is 1. The average molecular weight is 378 g/mol. The molecule has 0 aliphatic heterocycles. The fourth-order valence-corrected chi connectivity index (χ4v) is 2.94. The van der Waals surface area contributed by atoms with Crippen LogP contribution >= 0.6 is 11.6 Å². The van der Waals surface area contributed by atoms with E-state index in [4.69, 9.17) is 16.1 Å². The fraction of sp³-hybridized carbons (Fsp3) is 0.0952. The Labute approximate surface area is 160 Å². The van der Waals surface area contributed by atoms with Gasteiger partial charge in [0.05, 0.1) is 12.1 Å². The van der Waals surface area contributed by atoms with Crippen LogP contribution in [0.4, 0.5) is 0 Å². The molecule has 5 nitrogen and oxygen atoms in total. The van der Waals surface area contributed by atoms with Gasteiger partial charge in [-0.15, -0.1) is 0 Å². The largest absolute Gasteiger partial charge is 0.334 e. The van der Waals surface area contributed by atoms with Gasteiger partial charge in [0.2, 0.25) is 5.82 Å². The van der Waals surface area contributed by atoms with Crippen molar-refractivity contribution in [3.63, 3.8) is 0 Å². The molecule has 0 bridgehead atoms. The summed E-state index contributed by atoms with van der Waals surface area (Å²) in [6.45, 7) is 2.51. The number of aryl methyl sites for hydroxylation is 1. The van der Waals surface area contributed by atoms with Crippen LogP contribution in [0.3, 0.4) is 0 Å². The lowest BCUT2D eigenvalue weighted by molar-refractivity contribution is 0.432. The van der Waals surface area contributed by atoms with Crippen molar-refractivity contribution in [2.75, 3.05) is 0 Å². The first-order chi connectivity index (χ1) is 13.1. The van der Waals surface area contributed by atoms with Gasteiger partial charge in [-0.05, 0) is 48.4 Å². The molecule has 4 rings (SSSR count).